The molecule has 156 valence electrons. The number of nitrogens with one attached hydrogen (secondary N) is 1. The summed E-state index contributed by atoms with van der Waals surface area (Å²) in [5.41, 5.74) is 10.8. The second kappa shape index (κ2) is 7.52. The van der Waals surface area contributed by atoms with Crippen LogP contribution in [0.25, 0.3) is 22.2 Å². The van der Waals surface area contributed by atoms with E-state index >= 15 is 0 Å². The fourth-order valence-electron chi connectivity index (χ4n) is 4.65. The predicted molar refractivity (Wildman–Crippen MR) is 122 cm³/mol. The molecule has 0 aromatic carbocycles. The summed E-state index contributed by atoms with van der Waals surface area (Å²) in [6.07, 6.45) is 11.0. The highest BCUT2D eigenvalue weighted by molar-refractivity contribution is 6.10. The lowest BCUT2D eigenvalue weighted by atomic mass is 9.88. The fourth-order valence-corrected chi connectivity index (χ4v) is 4.65. The van der Waals surface area contributed by atoms with Crippen molar-refractivity contribution >= 4 is 23.1 Å². The van der Waals surface area contributed by atoms with E-state index in [0.717, 1.165) is 53.2 Å². The number of hydrogen-bond acceptors (Lipinski definition) is 7. The average Bonchev–Trinajstić information content (AvgIpc) is 3.43. The van der Waals surface area contributed by atoms with E-state index in [0.29, 0.717) is 5.56 Å². The largest absolute Gasteiger partial charge is 0.404 e. The first-order chi connectivity index (χ1) is 15.2. The lowest BCUT2D eigenvalue weighted by Crippen LogP contribution is -2.67. The highest BCUT2D eigenvalue weighted by Gasteiger charge is 2.45. The Morgan fingerprint density at radius 1 is 1.35 bits per heavy atom. The van der Waals surface area contributed by atoms with Crippen molar-refractivity contribution in [1.82, 2.24) is 19.9 Å². The topological polar surface area (TPSA) is 108 Å². The van der Waals surface area contributed by atoms with Crippen LogP contribution in [-0.2, 0) is 0 Å². The quantitative estimate of drug-likeness (QED) is 0.636. The second-order valence-corrected chi connectivity index (χ2v) is 8.19. The van der Waals surface area contributed by atoms with E-state index in [2.05, 4.69) is 38.5 Å². The maximum absolute atomic E-state index is 9.58. The SMILES string of the molecule is CN=CC(=CN)c1cc(-c2ccc(N3CC4(CCCN4)C3)nc2)c2c(C#N)cnn2c1. The summed E-state index contributed by atoms with van der Waals surface area (Å²) in [6, 6.07) is 8.36. The summed E-state index contributed by atoms with van der Waals surface area (Å²) in [6.45, 7) is 3.11. The summed E-state index contributed by atoms with van der Waals surface area (Å²) >= 11 is 0. The first kappa shape index (κ1) is 19.3. The molecule has 0 atom stereocenters. The Morgan fingerprint density at radius 3 is 2.87 bits per heavy atom. The molecule has 5 heterocycles. The third kappa shape index (κ3) is 3.23. The van der Waals surface area contributed by atoms with Crippen molar-refractivity contribution in [1.29, 1.82) is 5.26 Å². The molecular formula is C23H24N8. The maximum Gasteiger partial charge on any atom is 0.128 e. The van der Waals surface area contributed by atoms with Crippen LogP contribution < -0.4 is 16.0 Å². The van der Waals surface area contributed by atoms with Crippen molar-refractivity contribution in [3.8, 4) is 17.2 Å². The molecule has 0 unspecified atom stereocenters. The number of nitrogens with two attached hydrogens (primary N) is 1. The van der Waals surface area contributed by atoms with Gasteiger partial charge in [-0.25, -0.2) is 9.50 Å². The molecule has 0 bridgehead atoms. The molecule has 2 aliphatic rings. The van der Waals surface area contributed by atoms with Crippen LogP contribution in [0.15, 0.2) is 48.0 Å². The minimum absolute atomic E-state index is 0.284. The van der Waals surface area contributed by atoms with Gasteiger partial charge < -0.3 is 16.0 Å². The molecule has 0 amide bonds. The van der Waals surface area contributed by atoms with Crippen LogP contribution in [0, 0.1) is 11.3 Å². The van der Waals surface area contributed by atoms with E-state index in [1.165, 1.54) is 19.0 Å². The smallest absolute Gasteiger partial charge is 0.128 e. The van der Waals surface area contributed by atoms with Gasteiger partial charge in [0.1, 0.15) is 11.9 Å². The van der Waals surface area contributed by atoms with E-state index in [4.69, 9.17) is 10.7 Å². The first-order valence-electron chi connectivity index (χ1n) is 10.4. The van der Waals surface area contributed by atoms with Crippen molar-refractivity contribution in [3.63, 3.8) is 0 Å². The average molecular weight is 413 g/mol. The number of nitriles is 1. The minimum Gasteiger partial charge on any atom is -0.404 e. The summed E-state index contributed by atoms with van der Waals surface area (Å²) in [7, 11) is 1.70. The minimum atomic E-state index is 0.284. The fraction of sp³-hybridized carbons (Fsp3) is 0.304. The third-order valence-electron chi connectivity index (χ3n) is 6.22. The van der Waals surface area contributed by atoms with Gasteiger partial charge in [-0.15, -0.1) is 0 Å². The van der Waals surface area contributed by atoms with Crippen LogP contribution in [0.4, 0.5) is 5.82 Å². The second-order valence-electron chi connectivity index (χ2n) is 8.19. The normalized spacial score (nSPS) is 18.1. The molecule has 2 fully saturated rings. The number of anilines is 1. The van der Waals surface area contributed by atoms with Crippen LogP contribution in [0.3, 0.4) is 0 Å². The summed E-state index contributed by atoms with van der Waals surface area (Å²) in [5, 5.41) is 17.6. The Balaban J connectivity index is 1.53. The Hall–Kier alpha value is -3.70. The van der Waals surface area contributed by atoms with Gasteiger partial charge in [-0.1, -0.05) is 0 Å². The standard InChI is InChI=1S/C23H24N8/c1-26-10-18(8-24)17-7-20(22-19(9-25)12-29-31(22)13-17)16-3-4-21(27-11-16)30-14-23(15-30)5-2-6-28-23/h3-4,7-8,10-13,28H,2,5-6,14-15,24H2,1H3. The summed E-state index contributed by atoms with van der Waals surface area (Å²) in [4.78, 5) is 11.1. The van der Waals surface area contributed by atoms with Crippen molar-refractivity contribution < 1.29 is 0 Å². The Kier molecular flexibility index (Phi) is 4.68. The molecule has 0 radical (unpaired) electrons. The van der Waals surface area contributed by atoms with E-state index in [1.54, 1.807) is 24.0 Å². The number of allylic oxidation sites excluding steroid dienone is 1. The number of pyridine rings is 2. The van der Waals surface area contributed by atoms with Crippen molar-refractivity contribution in [2.24, 2.45) is 10.7 Å². The number of nitrogens with zero attached hydrogens (tertiary/aromatic N) is 6. The molecule has 1 spiro atoms. The van der Waals surface area contributed by atoms with Crippen molar-refractivity contribution in [3.05, 3.63) is 54.1 Å². The molecule has 5 rings (SSSR count). The van der Waals surface area contributed by atoms with Crippen LogP contribution in [0.2, 0.25) is 0 Å². The first-order valence-corrected chi connectivity index (χ1v) is 10.4. The Bertz CT molecular complexity index is 1210. The van der Waals surface area contributed by atoms with E-state index < -0.39 is 0 Å². The van der Waals surface area contributed by atoms with Gasteiger partial charge in [0.05, 0.1) is 22.8 Å². The molecule has 3 N–H and O–H groups in total. The summed E-state index contributed by atoms with van der Waals surface area (Å²) < 4.78 is 1.72. The number of fused-ring (bicyclic) bond motifs is 1. The molecule has 2 aliphatic heterocycles. The molecular weight excluding hydrogens is 388 g/mol. The van der Waals surface area contributed by atoms with Crippen molar-refractivity contribution in [2.45, 2.75) is 18.4 Å². The van der Waals surface area contributed by atoms with Gasteiger partial charge in [0.15, 0.2) is 0 Å². The number of aromatic nitrogens is 3. The molecule has 31 heavy (non-hydrogen) atoms. The third-order valence-corrected chi connectivity index (χ3v) is 6.22. The zero-order chi connectivity index (χ0) is 21.4. The Labute approximate surface area is 180 Å². The van der Waals surface area contributed by atoms with Crippen LogP contribution in [0.5, 0.6) is 0 Å². The lowest BCUT2D eigenvalue weighted by molar-refractivity contribution is 0.293. The predicted octanol–water partition coefficient (Wildman–Crippen LogP) is 2.21. The van der Waals surface area contributed by atoms with E-state index in [1.807, 2.05) is 18.5 Å². The molecule has 2 saturated heterocycles. The zero-order valence-electron chi connectivity index (χ0n) is 17.4. The van der Waals surface area contributed by atoms with Gasteiger partial charge in [0.2, 0.25) is 0 Å². The maximum atomic E-state index is 9.58. The number of hydrogen-bond donors (Lipinski definition) is 2. The van der Waals surface area contributed by atoms with Gasteiger partial charge in [-0.05, 0) is 37.6 Å². The van der Waals surface area contributed by atoms with Crippen LogP contribution >= 0.6 is 0 Å². The molecule has 3 aromatic heterocycles. The lowest BCUT2D eigenvalue weighted by Gasteiger charge is -2.49. The van der Waals surface area contributed by atoms with Crippen molar-refractivity contribution in [2.75, 3.05) is 31.6 Å². The molecule has 0 aliphatic carbocycles. The molecule has 3 aromatic rings. The molecule has 8 heteroatoms. The van der Waals surface area contributed by atoms with Gasteiger partial charge in [0, 0.05) is 67.2 Å². The molecule has 0 saturated carbocycles. The zero-order valence-corrected chi connectivity index (χ0v) is 17.4. The Morgan fingerprint density at radius 2 is 2.23 bits per heavy atom. The van der Waals surface area contributed by atoms with Crippen LogP contribution in [0.1, 0.15) is 24.0 Å². The van der Waals surface area contributed by atoms with Gasteiger partial charge in [0.25, 0.3) is 0 Å². The monoisotopic (exact) mass is 412 g/mol. The van der Waals surface area contributed by atoms with E-state index in [-0.39, 0.29) is 5.54 Å². The molecule has 8 nitrogen and oxygen atoms in total. The highest BCUT2D eigenvalue weighted by Crippen LogP contribution is 2.34. The van der Waals surface area contributed by atoms with Gasteiger partial charge in [-0.2, -0.15) is 10.4 Å². The van der Waals surface area contributed by atoms with Gasteiger partial charge in [-0.3, -0.25) is 4.99 Å². The van der Waals surface area contributed by atoms with Gasteiger partial charge >= 0.3 is 0 Å². The van der Waals surface area contributed by atoms with Crippen LogP contribution in [-0.4, -0.2) is 53.0 Å². The summed E-state index contributed by atoms with van der Waals surface area (Å²) in [5.74, 6) is 0.977. The highest BCUT2D eigenvalue weighted by atomic mass is 15.3. The number of rotatable bonds is 4. The number of aliphatic imine (C=N–C) groups is 1. The van der Waals surface area contributed by atoms with E-state index in [9.17, 15) is 5.26 Å².